The predicted molar refractivity (Wildman–Crippen MR) is 65.6 cm³/mol. The Morgan fingerprint density at radius 2 is 2.00 bits per heavy atom. The van der Waals surface area contributed by atoms with E-state index in [-0.39, 0.29) is 18.8 Å². The summed E-state index contributed by atoms with van der Waals surface area (Å²) in [5.41, 5.74) is 1.23. The second-order valence-corrected chi connectivity index (χ2v) is 4.06. The third-order valence-corrected chi connectivity index (χ3v) is 2.64. The molecule has 0 atom stereocenters. The highest BCUT2D eigenvalue weighted by atomic mass is 19.2. The fraction of sp³-hybridized carbons (Fsp3) is 0.214. The Hall–Kier alpha value is -2.01. The molecule has 1 N–H and O–H groups in total. The van der Waals surface area contributed by atoms with E-state index in [9.17, 15) is 8.78 Å². The van der Waals surface area contributed by atoms with Gasteiger partial charge in [-0.3, -0.25) is 4.98 Å². The van der Waals surface area contributed by atoms with Crippen LogP contribution in [0.4, 0.5) is 8.78 Å². The molecule has 3 nitrogen and oxygen atoms in total. The van der Waals surface area contributed by atoms with Crippen LogP contribution in [0.15, 0.2) is 30.3 Å². The maximum absolute atomic E-state index is 13.4. The molecule has 0 fully saturated rings. The lowest BCUT2D eigenvalue weighted by Gasteiger charge is -2.10. The van der Waals surface area contributed by atoms with Gasteiger partial charge in [-0.25, -0.2) is 8.78 Å². The van der Waals surface area contributed by atoms with Gasteiger partial charge in [-0.2, -0.15) is 0 Å². The van der Waals surface area contributed by atoms with E-state index in [0.29, 0.717) is 11.4 Å². The molecule has 0 spiro atoms. The van der Waals surface area contributed by atoms with Crippen molar-refractivity contribution in [3.05, 3.63) is 58.9 Å². The number of aliphatic hydroxyl groups is 1. The van der Waals surface area contributed by atoms with E-state index in [1.54, 1.807) is 19.1 Å². The Kier molecular flexibility index (Phi) is 4.06. The van der Waals surface area contributed by atoms with Gasteiger partial charge in [0.15, 0.2) is 11.6 Å². The Morgan fingerprint density at radius 1 is 1.21 bits per heavy atom. The first-order valence-electron chi connectivity index (χ1n) is 5.75. The third-order valence-electron chi connectivity index (χ3n) is 2.64. The van der Waals surface area contributed by atoms with Gasteiger partial charge in [-0.15, -0.1) is 0 Å². The molecule has 1 heterocycles. The average Bonchev–Trinajstić information content (AvgIpc) is 2.41. The molecule has 2 aromatic rings. The van der Waals surface area contributed by atoms with Gasteiger partial charge >= 0.3 is 0 Å². The number of hydrogen-bond acceptors (Lipinski definition) is 3. The summed E-state index contributed by atoms with van der Waals surface area (Å²) in [5, 5.41) is 9.16. The van der Waals surface area contributed by atoms with Crippen molar-refractivity contribution >= 4 is 0 Å². The molecule has 5 heteroatoms. The summed E-state index contributed by atoms with van der Waals surface area (Å²) in [5.74, 6) is -1.48. The Balaban J connectivity index is 2.17. The van der Waals surface area contributed by atoms with E-state index in [0.717, 1.165) is 11.8 Å². The topological polar surface area (TPSA) is 42.4 Å². The third kappa shape index (κ3) is 3.06. The van der Waals surface area contributed by atoms with E-state index in [2.05, 4.69) is 4.98 Å². The fourth-order valence-electron chi connectivity index (χ4n) is 1.66. The zero-order valence-corrected chi connectivity index (χ0v) is 10.4. The first-order valence-corrected chi connectivity index (χ1v) is 5.75. The molecule has 0 unspecified atom stereocenters. The van der Waals surface area contributed by atoms with Crippen molar-refractivity contribution in [2.45, 2.75) is 20.1 Å². The lowest BCUT2D eigenvalue weighted by Crippen LogP contribution is -2.04. The van der Waals surface area contributed by atoms with Gasteiger partial charge in [0.1, 0.15) is 18.1 Å². The molecule has 0 aliphatic rings. The van der Waals surface area contributed by atoms with Crippen LogP contribution in [0.5, 0.6) is 5.75 Å². The summed E-state index contributed by atoms with van der Waals surface area (Å²) < 4.78 is 31.8. The van der Waals surface area contributed by atoms with Gasteiger partial charge in [0.25, 0.3) is 0 Å². The Labute approximate surface area is 109 Å². The van der Waals surface area contributed by atoms with Crippen molar-refractivity contribution in [1.82, 2.24) is 4.98 Å². The van der Waals surface area contributed by atoms with Crippen LogP contribution in [0, 0.1) is 18.6 Å². The number of halogens is 2. The number of benzene rings is 1. The van der Waals surface area contributed by atoms with E-state index in [1.807, 2.05) is 0 Å². The quantitative estimate of drug-likeness (QED) is 0.924. The normalized spacial score (nSPS) is 10.5. The summed E-state index contributed by atoms with van der Waals surface area (Å²) in [6.07, 6.45) is 0. The van der Waals surface area contributed by atoms with Crippen molar-refractivity contribution in [3.63, 3.8) is 0 Å². The van der Waals surface area contributed by atoms with Crippen LogP contribution in [0.1, 0.15) is 17.0 Å². The van der Waals surface area contributed by atoms with Gasteiger partial charge in [-0.1, -0.05) is 12.1 Å². The second-order valence-electron chi connectivity index (χ2n) is 4.06. The highest BCUT2D eigenvalue weighted by Gasteiger charge is 2.10. The summed E-state index contributed by atoms with van der Waals surface area (Å²) in [6, 6.07) is 7.27. The number of aromatic nitrogens is 1. The summed E-state index contributed by atoms with van der Waals surface area (Å²) >= 11 is 0. The minimum absolute atomic E-state index is 0.115. The van der Waals surface area contributed by atoms with Crippen molar-refractivity contribution in [3.8, 4) is 5.75 Å². The van der Waals surface area contributed by atoms with Crippen molar-refractivity contribution in [1.29, 1.82) is 0 Å². The number of ether oxygens (including phenoxy) is 1. The van der Waals surface area contributed by atoms with Gasteiger partial charge in [0, 0.05) is 11.3 Å². The molecule has 1 aromatic heterocycles. The molecule has 1 aromatic carbocycles. The van der Waals surface area contributed by atoms with E-state index in [1.165, 1.54) is 12.1 Å². The van der Waals surface area contributed by atoms with Gasteiger partial charge in [0.05, 0.1) is 6.61 Å². The summed E-state index contributed by atoms with van der Waals surface area (Å²) in [6.45, 7) is 1.39. The smallest absolute Gasteiger partial charge is 0.165 e. The van der Waals surface area contributed by atoms with Crippen LogP contribution < -0.4 is 4.74 Å². The molecule has 0 saturated carbocycles. The lowest BCUT2D eigenvalue weighted by atomic mass is 10.2. The fourth-order valence-corrected chi connectivity index (χ4v) is 1.66. The molecular formula is C14H13F2NO2. The van der Waals surface area contributed by atoms with Crippen LogP contribution >= 0.6 is 0 Å². The molecular weight excluding hydrogens is 252 g/mol. The molecule has 0 aliphatic carbocycles. The van der Waals surface area contributed by atoms with Crippen molar-refractivity contribution < 1.29 is 18.6 Å². The number of aryl methyl sites for hydroxylation is 1. The van der Waals surface area contributed by atoms with Crippen LogP contribution in [0.2, 0.25) is 0 Å². The van der Waals surface area contributed by atoms with E-state index in [4.69, 9.17) is 9.84 Å². The maximum atomic E-state index is 13.4. The molecule has 0 saturated heterocycles. The zero-order valence-electron chi connectivity index (χ0n) is 10.4. The summed E-state index contributed by atoms with van der Waals surface area (Å²) in [4.78, 5) is 4.10. The first-order chi connectivity index (χ1) is 9.11. The van der Waals surface area contributed by atoms with Crippen molar-refractivity contribution in [2.75, 3.05) is 0 Å². The molecule has 0 amide bonds. The number of pyridine rings is 1. The molecule has 0 bridgehead atoms. The molecule has 100 valence electrons. The Bertz CT molecular complexity index is 588. The molecule has 0 radical (unpaired) electrons. The molecule has 0 aliphatic heterocycles. The van der Waals surface area contributed by atoms with Crippen molar-refractivity contribution in [2.24, 2.45) is 0 Å². The van der Waals surface area contributed by atoms with Crippen LogP contribution in [0.3, 0.4) is 0 Å². The number of nitrogens with zero attached hydrogens (tertiary/aromatic N) is 1. The monoisotopic (exact) mass is 265 g/mol. The van der Waals surface area contributed by atoms with Gasteiger partial charge in [0.2, 0.25) is 0 Å². The molecule has 2 rings (SSSR count). The number of hydrogen-bond donors (Lipinski definition) is 1. The van der Waals surface area contributed by atoms with Crippen LogP contribution in [-0.4, -0.2) is 10.1 Å². The van der Waals surface area contributed by atoms with Gasteiger partial charge in [-0.05, 0) is 25.1 Å². The first kappa shape index (κ1) is 13.4. The predicted octanol–water partition coefficient (Wildman–Crippen LogP) is 2.74. The van der Waals surface area contributed by atoms with Crippen LogP contribution in [-0.2, 0) is 13.2 Å². The highest BCUT2D eigenvalue weighted by Crippen LogP contribution is 2.20. The zero-order chi connectivity index (χ0) is 13.8. The highest BCUT2D eigenvalue weighted by molar-refractivity contribution is 5.29. The van der Waals surface area contributed by atoms with Crippen LogP contribution in [0.25, 0.3) is 0 Å². The minimum atomic E-state index is -0.923. The lowest BCUT2D eigenvalue weighted by molar-refractivity contribution is 0.251. The van der Waals surface area contributed by atoms with Gasteiger partial charge < -0.3 is 9.84 Å². The van der Waals surface area contributed by atoms with E-state index < -0.39 is 11.6 Å². The average molecular weight is 265 g/mol. The molecule has 19 heavy (non-hydrogen) atoms. The Morgan fingerprint density at radius 3 is 2.74 bits per heavy atom. The maximum Gasteiger partial charge on any atom is 0.165 e. The summed E-state index contributed by atoms with van der Waals surface area (Å²) in [7, 11) is 0. The largest absolute Gasteiger partial charge is 0.487 e. The second kappa shape index (κ2) is 5.75. The van der Waals surface area contributed by atoms with E-state index >= 15 is 0 Å². The SMILES string of the molecule is Cc1ccc(OCc2cccc(F)c2F)c(CO)n1. The number of rotatable bonds is 4. The minimum Gasteiger partial charge on any atom is -0.487 e. The standard InChI is InChI=1S/C14H13F2NO2/c1-9-5-6-13(12(7-18)17-9)19-8-10-3-2-4-11(15)14(10)16/h2-6,18H,7-8H2,1H3. The number of aliphatic hydroxyl groups excluding tert-OH is 1.